The molecule has 0 saturated carbocycles. The van der Waals surface area contributed by atoms with Crippen molar-refractivity contribution >= 4 is 5.91 Å². The zero-order valence-corrected chi connectivity index (χ0v) is 9.76. The predicted octanol–water partition coefficient (Wildman–Crippen LogP) is 2.95. The maximum Gasteiger partial charge on any atom is 0.227 e. The van der Waals surface area contributed by atoms with E-state index in [2.05, 4.69) is 34.3 Å². The largest absolute Gasteiger partial charge is 0.311 e. The van der Waals surface area contributed by atoms with Crippen molar-refractivity contribution in [3.8, 4) is 0 Å². The molecule has 0 radical (unpaired) electrons. The molecule has 0 aromatic carbocycles. The van der Waals surface area contributed by atoms with Gasteiger partial charge in [-0.3, -0.25) is 4.79 Å². The number of hydrogen-bond donors (Lipinski definition) is 0. The van der Waals surface area contributed by atoms with E-state index in [1.165, 1.54) is 0 Å². The van der Waals surface area contributed by atoms with Crippen LogP contribution in [0.15, 0.2) is 12.3 Å². The lowest BCUT2D eigenvalue weighted by Crippen LogP contribution is -2.40. The molecule has 1 amide bonds. The molecule has 0 aromatic heterocycles. The topological polar surface area (TPSA) is 20.3 Å². The minimum absolute atomic E-state index is 0.114. The first kappa shape index (κ1) is 11.3. The molecule has 0 aromatic rings. The summed E-state index contributed by atoms with van der Waals surface area (Å²) in [5.41, 5.74) is 0.903. The third-order valence-corrected chi connectivity index (χ3v) is 2.74. The van der Waals surface area contributed by atoms with Crippen molar-refractivity contribution in [3.05, 3.63) is 12.3 Å². The quantitative estimate of drug-likeness (QED) is 0.663. The SMILES string of the molecule is C=C1C(CCC)CC(=O)N1C(C)(C)C. The summed E-state index contributed by atoms with van der Waals surface area (Å²) in [6.45, 7) is 12.4. The molecule has 2 nitrogen and oxygen atoms in total. The van der Waals surface area contributed by atoms with Gasteiger partial charge in [0.15, 0.2) is 0 Å². The van der Waals surface area contributed by atoms with Crippen LogP contribution in [0.25, 0.3) is 0 Å². The van der Waals surface area contributed by atoms with Crippen molar-refractivity contribution in [1.29, 1.82) is 0 Å². The Bertz CT molecular complexity index is 250. The molecule has 1 rings (SSSR count). The Labute approximate surface area is 87.0 Å². The average Bonchev–Trinajstić information content (AvgIpc) is 2.26. The van der Waals surface area contributed by atoms with E-state index in [9.17, 15) is 4.79 Å². The first-order valence-electron chi connectivity index (χ1n) is 5.39. The van der Waals surface area contributed by atoms with Crippen LogP contribution in [-0.4, -0.2) is 16.3 Å². The minimum atomic E-state index is -0.114. The number of rotatable bonds is 2. The van der Waals surface area contributed by atoms with E-state index in [1.54, 1.807) is 0 Å². The van der Waals surface area contributed by atoms with E-state index in [-0.39, 0.29) is 11.4 Å². The summed E-state index contributed by atoms with van der Waals surface area (Å²) in [6, 6.07) is 0. The lowest BCUT2D eigenvalue weighted by Gasteiger charge is -2.33. The summed E-state index contributed by atoms with van der Waals surface area (Å²) in [5, 5.41) is 0. The highest BCUT2D eigenvalue weighted by molar-refractivity contribution is 5.82. The van der Waals surface area contributed by atoms with Crippen LogP contribution in [0.3, 0.4) is 0 Å². The zero-order valence-electron chi connectivity index (χ0n) is 9.76. The third kappa shape index (κ3) is 1.99. The van der Waals surface area contributed by atoms with E-state index in [0.29, 0.717) is 12.3 Å². The van der Waals surface area contributed by atoms with Crippen LogP contribution in [0, 0.1) is 5.92 Å². The highest BCUT2D eigenvalue weighted by Crippen LogP contribution is 2.36. The first-order chi connectivity index (χ1) is 6.38. The van der Waals surface area contributed by atoms with Crippen LogP contribution in [0.4, 0.5) is 0 Å². The van der Waals surface area contributed by atoms with Crippen molar-refractivity contribution < 1.29 is 4.79 Å². The second kappa shape index (κ2) is 3.76. The maximum absolute atomic E-state index is 11.8. The molecule has 0 bridgehead atoms. The van der Waals surface area contributed by atoms with Gasteiger partial charge in [-0.2, -0.15) is 0 Å². The van der Waals surface area contributed by atoms with Gasteiger partial charge in [-0.25, -0.2) is 0 Å². The summed E-state index contributed by atoms with van der Waals surface area (Å²) in [6.07, 6.45) is 2.86. The Morgan fingerprint density at radius 3 is 2.43 bits per heavy atom. The van der Waals surface area contributed by atoms with Crippen LogP contribution in [0.5, 0.6) is 0 Å². The molecule has 1 saturated heterocycles. The summed E-state index contributed by atoms with van der Waals surface area (Å²) < 4.78 is 0. The van der Waals surface area contributed by atoms with Crippen LogP contribution >= 0.6 is 0 Å². The maximum atomic E-state index is 11.8. The smallest absolute Gasteiger partial charge is 0.227 e. The number of nitrogens with zero attached hydrogens (tertiary/aromatic N) is 1. The molecule has 1 fully saturated rings. The Hall–Kier alpha value is -0.790. The molecule has 0 spiro atoms. The van der Waals surface area contributed by atoms with Gasteiger partial charge < -0.3 is 4.90 Å². The summed E-state index contributed by atoms with van der Waals surface area (Å²) in [5.74, 6) is 0.618. The Morgan fingerprint density at radius 2 is 2.07 bits per heavy atom. The van der Waals surface area contributed by atoms with Gasteiger partial charge >= 0.3 is 0 Å². The summed E-state index contributed by atoms with van der Waals surface area (Å²) >= 11 is 0. The summed E-state index contributed by atoms with van der Waals surface area (Å²) in [4.78, 5) is 13.7. The first-order valence-corrected chi connectivity index (χ1v) is 5.39. The fourth-order valence-electron chi connectivity index (χ4n) is 2.18. The number of carbonyl (C=O) groups excluding carboxylic acids is 1. The van der Waals surface area contributed by atoms with E-state index in [0.717, 1.165) is 18.5 Å². The number of allylic oxidation sites excluding steroid dienone is 1. The normalized spacial score (nSPS) is 23.4. The van der Waals surface area contributed by atoms with Gasteiger partial charge in [0.2, 0.25) is 5.91 Å². The van der Waals surface area contributed by atoms with Crippen molar-refractivity contribution in [2.45, 2.75) is 52.5 Å². The van der Waals surface area contributed by atoms with Crippen LogP contribution in [0.1, 0.15) is 47.0 Å². The number of hydrogen-bond acceptors (Lipinski definition) is 1. The monoisotopic (exact) mass is 195 g/mol. The van der Waals surface area contributed by atoms with Crippen molar-refractivity contribution in [2.24, 2.45) is 5.92 Å². The fraction of sp³-hybridized carbons (Fsp3) is 0.750. The minimum Gasteiger partial charge on any atom is -0.311 e. The van der Waals surface area contributed by atoms with E-state index in [4.69, 9.17) is 0 Å². The van der Waals surface area contributed by atoms with E-state index >= 15 is 0 Å². The number of likely N-dealkylation sites (tertiary alicyclic amines) is 1. The standard InChI is InChI=1S/C12H21NO/c1-6-7-10-8-11(14)13(9(10)2)12(3,4)5/h10H,2,6-8H2,1,3-5H3. The van der Waals surface area contributed by atoms with Gasteiger partial charge in [0, 0.05) is 23.6 Å². The molecule has 1 heterocycles. The molecule has 1 aliphatic heterocycles. The van der Waals surface area contributed by atoms with E-state index in [1.807, 2.05) is 4.90 Å². The highest BCUT2D eigenvalue weighted by atomic mass is 16.2. The van der Waals surface area contributed by atoms with Crippen molar-refractivity contribution in [2.75, 3.05) is 0 Å². The summed E-state index contributed by atoms with van der Waals surface area (Å²) in [7, 11) is 0. The van der Waals surface area contributed by atoms with Gasteiger partial charge in [0.1, 0.15) is 0 Å². The Morgan fingerprint density at radius 1 is 1.50 bits per heavy atom. The van der Waals surface area contributed by atoms with Crippen LogP contribution in [-0.2, 0) is 4.79 Å². The molecular weight excluding hydrogens is 174 g/mol. The second-order valence-electron chi connectivity index (χ2n) is 5.08. The number of carbonyl (C=O) groups is 1. The highest BCUT2D eigenvalue weighted by Gasteiger charge is 2.38. The predicted molar refractivity (Wildman–Crippen MR) is 58.8 cm³/mol. The van der Waals surface area contributed by atoms with Crippen molar-refractivity contribution in [3.63, 3.8) is 0 Å². The second-order valence-corrected chi connectivity index (χ2v) is 5.08. The zero-order chi connectivity index (χ0) is 10.9. The molecule has 1 atom stereocenters. The average molecular weight is 195 g/mol. The lowest BCUT2D eigenvalue weighted by molar-refractivity contribution is -0.130. The molecule has 1 unspecified atom stereocenters. The fourth-order valence-corrected chi connectivity index (χ4v) is 2.18. The number of amides is 1. The van der Waals surface area contributed by atoms with Gasteiger partial charge in [-0.1, -0.05) is 19.9 Å². The van der Waals surface area contributed by atoms with E-state index < -0.39 is 0 Å². The van der Waals surface area contributed by atoms with Gasteiger partial charge in [-0.05, 0) is 27.2 Å². The van der Waals surface area contributed by atoms with Crippen LogP contribution in [0.2, 0.25) is 0 Å². The molecule has 1 aliphatic rings. The molecule has 0 aliphatic carbocycles. The molecule has 2 heteroatoms. The molecular formula is C12H21NO. The van der Waals surface area contributed by atoms with Gasteiger partial charge in [0.05, 0.1) is 0 Å². The molecule has 0 N–H and O–H groups in total. The van der Waals surface area contributed by atoms with Gasteiger partial charge in [0.25, 0.3) is 0 Å². The van der Waals surface area contributed by atoms with Crippen LogP contribution < -0.4 is 0 Å². The lowest BCUT2D eigenvalue weighted by atomic mass is 9.99. The molecule has 14 heavy (non-hydrogen) atoms. The van der Waals surface area contributed by atoms with Crippen molar-refractivity contribution in [1.82, 2.24) is 4.90 Å². The third-order valence-electron chi connectivity index (χ3n) is 2.74. The van der Waals surface area contributed by atoms with Gasteiger partial charge in [-0.15, -0.1) is 0 Å². The molecule has 80 valence electrons. The Balaban J connectivity index is 2.81. The Kier molecular flexibility index (Phi) is 3.03.